The molecule has 0 aliphatic carbocycles. The summed E-state index contributed by atoms with van der Waals surface area (Å²) in [6.45, 7) is 3.90. The summed E-state index contributed by atoms with van der Waals surface area (Å²) in [6, 6.07) is 9.74. The Bertz CT molecular complexity index is 806. The van der Waals surface area contributed by atoms with E-state index in [4.69, 9.17) is 26.2 Å². The Kier molecular flexibility index (Phi) is 6.42. The van der Waals surface area contributed by atoms with Crippen LogP contribution in [0.25, 0.3) is 0 Å². The highest BCUT2D eigenvalue weighted by Crippen LogP contribution is 2.36. The first-order valence-electron chi connectivity index (χ1n) is 7.28. The SMILES string of the molecule is C=CCOc1c(Cl)cc(/C=N/Nc2cccc(C(=O)O)c2)cc1OC. The van der Waals surface area contributed by atoms with E-state index >= 15 is 0 Å². The highest BCUT2D eigenvalue weighted by Gasteiger charge is 2.11. The van der Waals surface area contributed by atoms with E-state index in [2.05, 4.69) is 17.1 Å². The van der Waals surface area contributed by atoms with Crippen LogP contribution in [0.2, 0.25) is 5.02 Å². The number of carboxylic acid groups (broad SMARTS) is 1. The average molecular weight is 361 g/mol. The fraction of sp³-hybridized carbons (Fsp3) is 0.111. The van der Waals surface area contributed by atoms with E-state index in [0.29, 0.717) is 34.4 Å². The summed E-state index contributed by atoms with van der Waals surface area (Å²) in [5.74, 6) is -0.0914. The van der Waals surface area contributed by atoms with Crippen molar-refractivity contribution in [1.29, 1.82) is 0 Å². The molecule has 0 aliphatic heterocycles. The molecule has 0 fully saturated rings. The van der Waals surface area contributed by atoms with Crippen molar-refractivity contribution in [3.8, 4) is 11.5 Å². The predicted molar refractivity (Wildman–Crippen MR) is 98.3 cm³/mol. The van der Waals surface area contributed by atoms with Gasteiger partial charge in [-0.3, -0.25) is 5.43 Å². The number of rotatable bonds is 8. The van der Waals surface area contributed by atoms with E-state index in [1.807, 2.05) is 0 Å². The Morgan fingerprint density at radius 3 is 2.88 bits per heavy atom. The fourth-order valence-corrected chi connectivity index (χ4v) is 2.27. The highest BCUT2D eigenvalue weighted by atomic mass is 35.5. The summed E-state index contributed by atoms with van der Waals surface area (Å²) < 4.78 is 10.8. The number of hydrogen-bond donors (Lipinski definition) is 2. The number of hydrogen-bond acceptors (Lipinski definition) is 5. The molecule has 130 valence electrons. The third kappa shape index (κ3) is 4.99. The van der Waals surface area contributed by atoms with Crippen LogP contribution in [0.3, 0.4) is 0 Å². The molecule has 0 saturated heterocycles. The van der Waals surface area contributed by atoms with Crippen molar-refractivity contribution in [3.63, 3.8) is 0 Å². The third-order valence-electron chi connectivity index (χ3n) is 3.11. The van der Waals surface area contributed by atoms with Crippen LogP contribution in [0.15, 0.2) is 54.2 Å². The van der Waals surface area contributed by atoms with Gasteiger partial charge in [0.1, 0.15) is 6.61 Å². The van der Waals surface area contributed by atoms with E-state index in [0.717, 1.165) is 0 Å². The Hall–Kier alpha value is -2.99. The van der Waals surface area contributed by atoms with Gasteiger partial charge in [0.2, 0.25) is 0 Å². The molecular formula is C18H17ClN2O4. The summed E-state index contributed by atoms with van der Waals surface area (Å²) in [4.78, 5) is 11.0. The Morgan fingerprint density at radius 1 is 1.40 bits per heavy atom. The van der Waals surface area contributed by atoms with Crippen LogP contribution in [0.5, 0.6) is 11.5 Å². The van der Waals surface area contributed by atoms with E-state index < -0.39 is 5.97 Å². The lowest BCUT2D eigenvalue weighted by Gasteiger charge is -2.11. The van der Waals surface area contributed by atoms with Crippen LogP contribution >= 0.6 is 11.6 Å². The zero-order valence-electron chi connectivity index (χ0n) is 13.5. The molecule has 2 N–H and O–H groups in total. The Morgan fingerprint density at radius 2 is 2.20 bits per heavy atom. The van der Waals surface area contributed by atoms with Crippen molar-refractivity contribution in [1.82, 2.24) is 0 Å². The molecule has 2 rings (SSSR count). The van der Waals surface area contributed by atoms with E-state index in [1.54, 1.807) is 36.6 Å². The number of methoxy groups -OCH3 is 1. The lowest BCUT2D eigenvalue weighted by molar-refractivity contribution is 0.0697. The molecule has 2 aromatic carbocycles. The van der Waals surface area contributed by atoms with Crippen molar-refractivity contribution in [2.24, 2.45) is 5.10 Å². The summed E-state index contributed by atoms with van der Waals surface area (Å²) in [5, 5.41) is 13.4. The number of carbonyl (C=O) groups is 1. The average Bonchev–Trinajstić information content (AvgIpc) is 2.60. The zero-order valence-corrected chi connectivity index (χ0v) is 14.3. The Labute approximate surface area is 150 Å². The second-order valence-electron chi connectivity index (χ2n) is 4.89. The van der Waals surface area contributed by atoms with Crippen LogP contribution in [0.4, 0.5) is 5.69 Å². The number of benzene rings is 2. The zero-order chi connectivity index (χ0) is 18.2. The minimum absolute atomic E-state index is 0.175. The second-order valence-corrected chi connectivity index (χ2v) is 5.30. The van der Waals surface area contributed by atoms with Gasteiger partial charge in [-0.2, -0.15) is 5.10 Å². The van der Waals surface area contributed by atoms with Crippen LogP contribution < -0.4 is 14.9 Å². The summed E-state index contributed by atoms with van der Waals surface area (Å²) >= 11 is 6.21. The van der Waals surface area contributed by atoms with Crippen molar-refractivity contribution in [2.45, 2.75) is 0 Å². The van der Waals surface area contributed by atoms with Crippen molar-refractivity contribution in [2.75, 3.05) is 19.1 Å². The van der Waals surface area contributed by atoms with Gasteiger partial charge in [0.15, 0.2) is 11.5 Å². The smallest absolute Gasteiger partial charge is 0.335 e. The minimum atomic E-state index is -1.00. The van der Waals surface area contributed by atoms with E-state index in [-0.39, 0.29) is 5.56 Å². The highest BCUT2D eigenvalue weighted by molar-refractivity contribution is 6.32. The van der Waals surface area contributed by atoms with E-state index in [9.17, 15) is 4.79 Å². The topological polar surface area (TPSA) is 80.2 Å². The summed E-state index contributed by atoms with van der Waals surface area (Å²) in [5.41, 5.74) is 4.19. The standard InChI is InChI=1S/C18H17ClN2O4/c1-3-7-25-17-15(19)8-12(9-16(17)24-2)11-20-21-14-6-4-5-13(10-14)18(22)23/h3-6,8-11,21H,1,7H2,2H3,(H,22,23)/b20-11+. The first-order chi connectivity index (χ1) is 12.0. The molecule has 0 radical (unpaired) electrons. The fourth-order valence-electron chi connectivity index (χ4n) is 2.00. The molecule has 2 aromatic rings. The first kappa shape index (κ1) is 18.4. The van der Waals surface area contributed by atoms with Gasteiger partial charge in [0.05, 0.1) is 29.6 Å². The number of aromatic carboxylic acids is 1. The van der Waals surface area contributed by atoms with Crippen molar-refractivity contribution >= 4 is 29.5 Å². The molecule has 0 aliphatic rings. The summed E-state index contributed by atoms with van der Waals surface area (Å²) in [6.07, 6.45) is 3.15. The van der Waals surface area contributed by atoms with Gasteiger partial charge >= 0.3 is 5.97 Å². The number of carboxylic acids is 1. The first-order valence-corrected chi connectivity index (χ1v) is 7.66. The number of hydrazone groups is 1. The van der Waals surface area contributed by atoms with E-state index in [1.165, 1.54) is 19.2 Å². The maximum atomic E-state index is 11.0. The van der Waals surface area contributed by atoms with Gasteiger partial charge < -0.3 is 14.6 Å². The molecule has 0 unspecified atom stereocenters. The molecular weight excluding hydrogens is 344 g/mol. The molecule has 0 saturated carbocycles. The maximum absolute atomic E-state index is 11.0. The number of halogens is 1. The number of anilines is 1. The van der Waals surface area contributed by atoms with Gasteiger partial charge in [0, 0.05) is 0 Å². The van der Waals surface area contributed by atoms with Gasteiger partial charge in [-0.25, -0.2) is 4.79 Å². The molecule has 0 amide bonds. The molecule has 0 bridgehead atoms. The number of nitrogens with zero attached hydrogens (tertiary/aromatic N) is 1. The van der Waals surface area contributed by atoms with Crippen LogP contribution in [0, 0.1) is 0 Å². The quantitative estimate of drug-likeness (QED) is 0.421. The van der Waals surface area contributed by atoms with Crippen LogP contribution in [-0.4, -0.2) is 31.0 Å². The maximum Gasteiger partial charge on any atom is 0.335 e. The molecule has 7 heteroatoms. The third-order valence-corrected chi connectivity index (χ3v) is 3.39. The van der Waals surface area contributed by atoms with Crippen LogP contribution in [-0.2, 0) is 0 Å². The molecule has 0 atom stereocenters. The second kappa shape index (κ2) is 8.75. The number of ether oxygens (including phenoxy) is 2. The predicted octanol–water partition coefficient (Wildman–Crippen LogP) is 4.06. The largest absolute Gasteiger partial charge is 0.493 e. The summed E-state index contributed by atoms with van der Waals surface area (Å²) in [7, 11) is 1.52. The molecule has 25 heavy (non-hydrogen) atoms. The van der Waals surface area contributed by atoms with Crippen LogP contribution in [0.1, 0.15) is 15.9 Å². The van der Waals surface area contributed by atoms with Crippen molar-refractivity contribution in [3.05, 3.63) is 65.2 Å². The van der Waals surface area contributed by atoms with Crippen molar-refractivity contribution < 1.29 is 19.4 Å². The molecule has 6 nitrogen and oxygen atoms in total. The number of nitrogens with one attached hydrogen (secondary N) is 1. The van der Waals surface area contributed by atoms with Gasteiger partial charge in [-0.05, 0) is 35.9 Å². The normalized spacial score (nSPS) is 10.5. The monoisotopic (exact) mass is 360 g/mol. The molecule has 0 heterocycles. The van der Waals surface area contributed by atoms with Gasteiger partial charge in [-0.15, -0.1) is 0 Å². The lowest BCUT2D eigenvalue weighted by atomic mass is 10.2. The lowest BCUT2D eigenvalue weighted by Crippen LogP contribution is -1.99. The molecule has 0 aromatic heterocycles. The Balaban J connectivity index is 2.15. The van der Waals surface area contributed by atoms with Gasteiger partial charge in [-0.1, -0.05) is 30.3 Å². The minimum Gasteiger partial charge on any atom is -0.493 e. The van der Waals surface area contributed by atoms with Gasteiger partial charge in [0.25, 0.3) is 0 Å². The molecule has 0 spiro atoms.